The number of halogens is 1. The SMILES string of the molecule is CCN(C1=IC=C(C#N)C=C1)c1cccc(CN2C(=N)SC(=C3C(C)c4ccccc4C3C)C2=O)c1. The van der Waals surface area contributed by atoms with E-state index in [1.807, 2.05) is 18.2 Å². The molecule has 182 valence electrons. The van der Waals surface area contributed by atoms with Crippen LogP contribution in [0.3, 0.4) is 0 Å². The van der Waals surface area contributed by atoms with Gasteiger partial charge < -0.3 is 4.90 Å². The van der Waals surface area contributed by atoms with Crippen molar-refractivity contribution in [3.8, 4) is 6.07 Å². The van der Waals surface area contributed by atoms with Gasteiger partial charge in [-0.2, -0.15) is 5.26 Å². The Labute approximate surface area is 226 Å². The van der Waals surface area contributed by atoms with Crippen molar-refractivity contribution in [1.82, 2.24) is 4.90 Å². The Balaban J connectivity index is 1.40. The Morgan fingerprint density at radius 2 is 1.83 bits per heavy atom. The Kier molecular flexibility index (Phi) is 7.00. The third-order valence-corrected chi connectivity index (χ3v) is 10.5. The highest BCUT2D eigenvalue weighted by molar-refractivity contribution is 14.2. The molecule has 3 aliphatic rings. The van der Waals surface area contributed by atoms with Gasteiger partial charge in [-0.05, 0) is 69.3 Å². The Morgan fingerprint density at radius 3 is 2.44 bits per heavy atom. The minimum atomic E-state index is -0.386. The predicted molar refractivity (Wildman–Crippen MR) is 157 cm³/mol. The van der Waals surface area contributed by atoms with Gasteiger partial charge in [-0.3, -0.25) is 15.1 Å². The first kappa shape index (κ1) is 24.7. The molecule has 2 heterocycles. The van der Waals surface area contributed by atoms with E-state index in [1.165, 1.54) is 26.5 Å². The van der Waals surface area contributed by atoms with E-state index in [-0.39, 0.29) is 38.5 Å². The molecule has 0 saturated carbocycles. The number of benzene rings is 2. The van der Waals surface area contributed by atoms with Crippen molar-refractivity contribution < 1.29 is 4.79 Å². The standard InChI is InChI=1S/C29H27IN4OS/c1-4-33(25-13-12-21(16-31)15-30-25)22-9-7-8-20(14-22)17-34-28(35)27(36-29(34)32)26-18(2)23-10-5-6-11-24(23)19(26)3/h5-15,18-19,32H,4,17H2,1-3H3. The summed E-state index contributed by atoms with van der Waals surface area (Å²) in [7, 11) is 0. The molecule has 2 aromatic rings. The lowest BCUT2D eigenvalue weighted by molar-refractivity contribution is -0.122. The molecule has 1 saturated heterocycles. The van der Waals surface area contributed by atoms with E-state index in [2.05, 4.69) is 78.3 Å². The summed E-state index contributed by atoms with van der Waals surface area (Å²) in [5.74, 6) is 0.293. The lowest BCUT2D eigenvalue weighted by atomic mass is 9.95. The van der Waals surface area contributed by atoms with E-state index < -0.39 is 0 Å². The van der Waals surface area contributed by atoms with Crippen LogP contribution in [-0.4, -0.2) is 26.2 Å². The minimum Gasteiger partial charge on any atom is -0.337 e. The number of anilines is 1. The summed E-state index contributed by atoms with van der Waals surface area (Å²) in [5, 5.41) is 18.1. The van der Waals surface area contributed by atoms with Gasteiger partial charge in [-0.1, -0.05) is 71.0 Å². The zero-order valence-corrected chi connectivity index (χ0v) is 23.4. The smallest absolute Gasteiger partial charge is 0.267 e. The number of hydrogen-bond donors (Lipinski definition) is 1. The second-order valence-corrected chi connectivity index (χ2v) is 12.4. The van der Waals surface area contributed by atoms with E-state index >= 15 is 0 Å². The van der Waals surface area contributed by atoms with Gasteiger partial charge in [-0.15, -0.1) is 0 Å². The maximum absolute atomic E-state index is 13.6. The predicted octanol–water partition coefficient (Wildman–Crippen LogP) is 6.78. The largest absolute Gasteiger partial charge is 0.337 e. The van der Waals surface area contributed by atoms with E-state index in [4.69, 9.17) is 10.7 Å². The third kappa shape index (κ3) is 4.37. The lowest BCUT2D eigenvalue weighted by Gasteiger charge is -2.25. The number of rotatable bonds is 5. The van der Waals surface area contributed by atoms with Gasteiger partial charge in [0.05, 0.1) is 26.7 Å². The molecule has 0 spiro atoms. The lowest BCUT2D eigenvalue weighted by Crippen LogP contribution is -2.30. The zero-order valence-electron chi connectivity index (χ0n) is 20.5. The number of nitrogens with zero attached hydrogens (tertiary/aromatic N) is 3. The summed E-state index contributed by atoms with van der Waals surface area (Å²) in [6.45, 7) is 7.66. The van der Waals surface area contributed by atoms with Crippen molar-refractivity contribution in [2.24, 2.45) is 0 Å². The summed E-state index contributed by atoms with van der Waals surface area (Å²) < 4.78 is 3.30. The van der Waals surface area contributed by atoms with Gasteiger partial charge in [-0.25, -0.2) is 0 Å². The highest BCUT2D eigenvalue weighted by Crippen LogP contribution is 2.50. The number of nitrogens with one attached hydrogen (secondary N) is 1. The molecular formula is C29H27IN4OS. The second kappa shape index (κ2) is 10.2. The number of amides is 1. The van der Waals surface area contributed by atoms with E-state index in [1.54, 1.807) is 4.90 Å². The fourth-order valence-electron chi connectivity index (χ4n) is 5.16. The molecule has 2 aliphatic heterocycles. The molecule has 0 radical (unpaired) electrons. The number of likely N-dealkylation sites (N-methyl/N-ethyl adjacent to an activating group) is 1. The molecule has 7 heteroatoms. The Hall–Kier alpha value is -2.96. The van der Waals surface area contributed by atoms with Crippen LogP contribution < -0.4 is 4.90 Å². The first-order valence-corrected chi connectivity index (χ1v) is 15.1. The molecular weight excluding hydrogens is 579 g/mol. The molecule has 1 amide bonds. The number of allylic oxidation sites excluding steroid dienone is 3. The van der Waals surface area contributed by atoms with E-state index in [0.29, 0.717) is 11.7 Å². The van der Waals surface area contributed by atoms with Crippen LogP contribution in [0.25, 0.3) is 0 Å². The molecule has 5 rings (SSSR count). The van der Waals surface area contributed by atoms with Gasteiger partial charge in [0.25, 0.3) is 5.91 Å². The van der Waals surface area contributed by atoms with Gasteiger partial charge in [0.1, 0.15) is 0 Å². The number of nitriles is 1. The summed E-state index contributed by atoms with van der Waals surface area (Å²) in [6.07, 6.45) is 3.93. The number of hydrogen-bond acceptors (Lipinski definition) is 5. The van der Waals surface area contributed by atoms with Crippen molar-refractivity contribution in [2.75, 3.05) is 11.4 Å². The molecule has 0 bridgehead atoms. The number of amidine groups is 1. The molecule has 1 N–H and O–H groups in total. The van der Waals surface area contributed by atoms with Crippen LogP contribution in [0.1, 0.15) is 49.3 Å². The quantitative estimate of drug-likeness (QED) is 0.301. The van der Waals surface area contributed by atoms with Crippen LogP contribution in [-0.2, 0) is 11.3 Å². The van der Waals surface area contributed by atoms with Gasteiger partial charge >= 0.3 is 0 Å². The van der Waals surface area contributed by atoms with Crippen LogP contribution in [0.2, 0.25) is 0 Å². The summed E-state index contributed by atoms with van der Waals surface area (Å²) >= 11 is 0.918. The number of thioether (sulfide) groups is 1. The van der Waals surface area contributed by atoms with Crippen LogP contribution in [0.15, 0.2) is 80.8 Å². The van der Waals surface area contributed by atoms with E-state index in [9.17, 15) is 4.79 Å². The first-order valence-electron chi connectivity index (χ1n) is 12.0. The maximum Gasteiger partial charge on any atom is 0.267 e. The average molecular weight is 607 g/mol. The van der Waals surface area contributed by atoms with Crippen molar-refractivity contribution in [3.63, 3.8) is 0 Å². The van der Waals surface area contributed by atoms with Crippen molar-refractivity contribution in [3.05, 3.63) is 97.5 Å². The molecule has 0 aromatic heterocycles. The molecule has 5 nitrogen and oxygen atoms in total. The number of carbonyl (C=O) groups is 1. The Morgan fingerprint density at radius 1 is 1.11 bits per heavy atom. The monoisotopic (exact) mass is 606 g/mol. The van der Waals surface area contributed by atoms with Crippen molar-refractivity contribution >= 4 is 52.9 Å². The van der Waals surface area contributed by atoms with Crippen LogP contribution in [0, 0.1) is 16.7 Å². The molecule has 2 atom stereocenters. The first-order chi connectivity index (χ1) is 17.4. The van der Waals surface area contributed by atoms with Gasteiger partial charge in [0.2, 0.25) is 0 Å². The molecule has 2 aromatic carbocycles. The molecule has 2 unspecified atom stereocenters. The van der Waals surface area contributed by atoms with Crippen molar-refractivity contribution in [1.29, 1.82) is 10.7 Å². The van der Waals surface area contributed by atoms with E-state index in [0.717, 1.165) is 33.8 Å². The Bertz CT molecular complexity index is 1400. The number of carbonyl (C=O) groups excluding carboxylic acids is 1. The fourth-order valence-corrected chi connectivity index (χ4v) is 8.62. The second-order valence-electron chi connectivity index (χ2n) is 9.01. The molecule has 1 fully saturated rings. The minimum absolute atomic E-state index is 0.0612. The third-order valence-electron chi connectivity index (χ3n) is 6.96. The molecule has 1 aliphatic carbocycles. The van der Waals surface area contributed by atoms with Gasteiger partial charge in [0.15, 0.2) is 5.17 Å². The zero-order chi connectivity index (χ0) is 25.4. The maximum atomic E-state index is 13.6. The highest BCUT2D eigenvalue weighted by atomic mass is 127. The summed E-state index contributed by atoms with van der Waals surface area (Å²) in [5.41, 5.74) is 6.51. The average Bonchev–Trinajstić information content (AvgIpc) is 3.32. The molecule has 36 heavy (non-hydrogen) atoms. The summed E-state index contributed by atoms with van der Waals surface area (Å²) in [6, 6.07) is 18.9. The van der Waals surface area contributed by atoms with Crippen LogP contribution >= 0.6 is 32.5 Å². The normalized spacial score (nSPS) is 21.1. The van der Waals surface area contributed by atoms with Crippen molar-refractivity contribution in [2.45, 2.75) is 39.2 Å². The highest BCUT2D eigenvalue weighted by Gasteiger charge is 2.40. The van der Waals surface area contributed by atoms with Crippen LogP contribution in [0.5, 0.6) is 0 Å². The number of fused-ring (bicyclic) bond motifs is 1. The summed E-state index contributed by atoms with van der Waals surface area (Å²) in [4.78, 5) is 18.2. The topological polar surface area (TPSA) is 71.2 Å². The fraction of sp³-hybridized carbons (Fsp3) is 0.241. The van der Waals surface area contributed by atoms with Gasteiger partial charge in [0, 0.05) is 24.1 Å². The van der Waals surface area contributed by atoms with Crippen LogP contribution in [0.4, 0.5) is 5.69 Å².